The molecule has 0 bridgehead atoms. The Balaban J connectivity index is 1.54. The van der Waals surface area contributed by atoms with Crippen LogP contribution in [0.3, 0.4) is 0 Å². The molecule has 3 aromatic rings. The third-order valence-corrected chi connectivity index (χ3v) is 5.05. The van der Waals surface area contributed by atoms with Gasteiger partial charge in [0.05, 0.1) is 17.1 Å². The molecule has 0 radical (unpaired) electrons. The maximum atomic E-state index is 12.3. The Morgan fingerprint density at radius 1 is 1.19 bits per heavy atom. The number of hydrogen-bond donors (Lipinski definition) is 1. The van der Waals surface area contributed by atoms with Gasteiger partial charge in [0.2, 0.25) is 11.9 Å². The van der Waals surface area contributed by atoms with Gasteiger partial charge in [0.15, 0.2) is 0 Å². The molecule has 6 nitrogen and oxygen atoms in total. The van der Waals surface area contributed by atoms with Crippen molar-refractivity contribution in [1.82, 2.24) is 19.4 Å². The predicted octanol–water partition coefficient (Wildman–Crippen LogP) is 4.01. The fourth-order valence-electron chi connectivity index (χ4n) is 3.80. The van der Waals surface area contributed by atoms with Crippen molar-refractivity contribution in [2.45, 2.75) is 45.4 Å². The van der Waals surface area contributed by atoms with E-state index in [1.165, 1.54) is 19.3 Å². The monoisotopic (exact) mass is 349 g/mol. The van der Waals surface area contributed by atoms with Gasteiger partial charge >= 0.3 is 0 Å². The second kappa shape index (κ2) is 7.23. The fourth-order valence-corrected chi connectivity index (χ4v) is 3.80. The van der Waals surface area contributed by atoms with Crippen LogP contribution in [0.25, 0.3) is 17.0 Å². The summed E-state index contributed by atoms with van der Waals surface area (Å²) in [5.74, 6) is 0.852. The zero-order valence-electron chi connectivity index (χ0n) is 15.0. The quantitative estimate of drug-likeness (QED) is 0.772. The number of pyridine rings is 1. The fraction of sp³-hybridized carbons (Fsp3) is 0.400. The number of carbonyl (C=O) groups is 1. The Kier molecular flexibility index (Phi) is 4.65. The smallest absolute Gasteiger partial charge is 0.229 e. The molecule has 3 aromatic heterocycles. The molecule has 1 aliphatic carbocycles. The van der Waals surface area contributed by atoms with E-state index >= 15 is 0 Å². The Morgan fingerprint density at radius 3 is 2.88 bits per heavy atom. The summed E-state index contributed by atoms with van der Waals surface area (Å²) in [6.07, 6.45) is 10.3. The zero-order chi connectivity index (χ0) is 17.9. The number of hydrogen-bond acceptors (Lipinski definition) is 4. The van der Waals surface area contributed by atoms with Crippen LogP contribution in [0, 0.1) is 12.8 Å². The Labute approximate surface area is 152 Å². The highest BCUT2D eigenvalue weighted by Gasteiger charge is 2.18. The van der Waals surface area contributed by atoms with Crippen molar-refractivity contribution in [3.8, 4) is 11.4 Å². The lowest BCUT2D eigenvalue weighted by atomic mass is 9.87. The highest BCUT2D eigenvalue weighted by atomic mass is 16.1. The van der Waals surface area contributed by atoms with E-state index in [9.17, 15) is 4.79 Å². The third kappa shape index (κ3) is 3.45. The number of nitrogens with zero attached hydrogens (tertiary/aromatic N) is 4. The van der Waals surface area contributed by atoms with Crippen LogP contribution in [-0.2, 0) is 4.79 Å². The van der Waals surface area contributed by atoms with Crippen LogP contribution >= 0.6 is 0 Å². The molecule has 4 rings (SSSR count). The van der Waals surface area contributed by atoms with Crippen LogP contribution < -0.4 is 5.32 Å². The summed E-state index contributed by atoms with van der Waals surface area (Å²) in [6, 6.07) is 7.74. The van der Waals surface area contributed by atoms with Crippen LogP contribution in [0.4, 0.5) is 5.95 Å². The molecular formula is C20H23N5O. The summed E-state index contributed by atoms with van der Waals surface area (Å²) in [4.78, 5) is 25.7. The third-order valence-electron chi connectivity index (χ3n) is 5.05. The molecule has 0 unspecified atom stereocenters. The minimum Gasteiger partial charge on any atom is -0.298 e. The molecule has 1 aliphatic rings. The topological polar surface area (TPSA) is 72.2 Å². The van der Waals surface area contributed by atoms with Crippen LogP contribution in [0.15, 0.2) is 36.7 Å². The van der Waals surface area contributed by atoms with Gasteiger partial charge in [-0.2, -0.15) is 0 Å². The summed E-state index contributed by atoms with van der Waals surface area (Å²) in [5.41, 5.74) is 3.45. The van der Waals surface area contributed by atoms with Crippen molar-refractivity contribution in [3.05, 3.63) is 42.4 Å². The maximum absolute atomic E-state index is 12.3. The van der Waals surface area contributed by atoms with Crippen molar-refractivity contribution in [2.24, 2.45) is 5.92 Å². The number of nitrogens with one attached hydrogen (secondary N) is 1. The van der Waals surface area contributed by atoms with E-state index in [1.807, 2.05) is 41.8 Å². The first-order chi connectivity index (χ1) is 12.7. The van der Waals surface area contributed by atoms with Gasteiger partial charge < -0.3 is 0 Å². The van der Waals surface area contributed by atoms with E-state index in [4.69, 9.17) is 0 Å². The largest absolute Gasteiger partial charge is 0.298 e. The average Bonchev–Trinajstić information content (AvgIpc) is 2.98. The van der Waals surface area contributed by atoms with E-state index < -0.39 is 0 Å². The van der Waals surface area contributed by atoms with Crippen molar-refractivity contribution in [3.63, 3.8) is 0 Å². The van der Waals surface area contributed by atoms with E-state index in [2.05, 4.69) is 20.3 Å². The van der Waals surface area contributed by atoms with Gasteiger partial charge in [-0.05, 0) is 43.9 Å². The number of aryl methyl sites for hydroxylation is 1. The zero-order valence-corrected chi connectivity index (χ0v) is 15.0. The number of carbonyl (C=O) groups excluding carboxylic acids is 1. The molecule has 1 amide bonds. The number of rotatable bonds is 4. The number of amides is 1. The van der Waals surface area contributed by atoms with Gasteiger partial charge in [-0.25, -0.2) is 15.0 Å². The highest BCUT2D eigenvalue weighted by Crippen LogP contribution is 2.27. The number of aromatic nitrogens is 4. The van der Waals surface area contributed by atoms with Crippen molar-refractivity contribution in [2.75, 3.05) is 5.32 Å². The van der Waals surface area contributed by atoms with Crippen LogP contribution in [0.1, 0.15) is 44.2 Å². The lowest BCUT2D eigenvalue weighted by Crippen LogP contribution is -2.19. The first-order valence-corrected chi connectivity index (χ1v) is 9.27. The van der Waals surface area contributed by atoms with Crippen molar-refractivity contribution >= 4 is 17.5 Å². The highest BCUT2D eigenvalue weighted by molar-refractivity contribution is 5.89. The molecule has 0 atom stereocenters. The van der Waals surface area contributed by atoms with E-state index in [0.29, 0.717) is 18.3 Å². The molecule has 1 N–H and O–H groups in total. The van der Waals surface area contributed by atoms with Gasteiger partial charge in [-0.15, -0.1) is 0 Å². The van der Waals surface area contributed by atoms with Gasteiger partial charge in [0.1, 0.15) is 5.65 Å². The molecular weight excluding hydrogens is 326 g/mol. The summed E-state index contributed by atoms with van der Waals surface area (Å²) in [6.45, 7) is 1.96. The van der Waals surface area contributed by atoms with Gasteiger partial charge in [0, 0.05) is 18.8 Å². The number of imidazole rings is 1. The number of fused-ring (bicyclic) bond motifs is 1. The first kappa shape index (κ1) is 16.7. The molecule has 3 heterocycles. The van der Waals surface area contributed by atoms with Crippen LogP contribution in [0.5, 0.6) is 0 Å². The minimum atomic E-state index is 0.00362. The SMILES string of the molecule is Cc1nc2ccccn2c1-c1ccnc(NC(=O)CC2CCCCC2)n1. The Morgan fingerprint density at radius 2 is 2.04 bits per heavy atom. The van der Waals surface area contributed by atoms with E-state index in [-0.39, 0.29) is 5.91 Å². The second-order valence-corrected chi connectivity index (χ2v) is 7.00. The number of anilines is 1. The lowest BCUT2D eigenvalue weighted by Gasteiger charge is -2.20. The minimum absolute atomic E-state index is 0.00362. The molecule has 0 aromatic carbocycles. The summed E-state index contributed by atoms with van der Waals surface area (Å²) < 4.78 is 2.01. The molecule has 0 spiro atoms. The molecule has 1 fully saturated rings. The Hall–Kier alpha value is -2.76. The maximum Gasteiger partial charge on any atom is 0.229 e. The lowest BCUT2D eigenvalue weighted by molar-refractivity contribution is -0.117. The van der Waals surface area contributed by atoms with Gasteiger partial charge in [-0.3, -0.25) is 14.5 Å². The standard InChI is InChI=1S/C20H23N5O/c1-14-19(25-12-6-5-9-17(25)22-14)16-10-11-21-20(23-16)24-18(26)13-15-7-3-2-4-8-15/h5-6,9-12,15H,2-4,7-8,13H2,1H3,(H,21,23,24,26). The van der Waals surface area contributed by atoms with Gasteiger partial charge in [0.25, 0.3) is 0 Å². The summed E-state index contributed by atoms with van der Waals surface area (Å²) in [7, 11) is 0. The first-order valence-electron chi connectivity index (χ1n) is 9.27. The Bertz CT molecular complexity index is 927. The van der Waals surface area contributed by atoms with Crippen LogP contribution in [0.2, 0.25) is 0 Å². The molecule has 0 saturated heterocycles. The van der Waals surface area contributed by atoms with E-state index in [0.717, 1.165) is 35.6 Å². The van der Waals surface area contributed by atoms with E-state index in [1.54, 1.807) is 6.20 Å². The summed E-state index contributed by atoms with van der Waals surface area (Å²) >= 11 is 0. The van der Waals surface area contributed by atoms with Crippen molar-refractivity contribution in [1.29, 1.82) is 0 Å². The molecule has 134 valence electrons. The normalized spacial score (nSPS) is 15.3. The molecule has 0 aliphatic heterocycles. The summed E-state index contributed by atoms with van der Waals surface area (Å²) in [5, 5.41) is 2.87. The average molecular weight is 349 g/mol. The van der Waals surface area contributed by atoms with Gasteiger partial charge in [-0.1, -0.05) is 25.3 Å². The predicted molar refractivity (Wildman–Crippen MR) is 101 cm³/mol. The van der Waals surface area contributed by atoms with Crippen LogP contribution in [-0.4, -0.2) is 25.3 Å². The molecule has 1 saturated carbocycles. The second-order valence-electron chi connectivity index (χ2n) is 7.00. The molecule has 26 heavy (non-hydrogen) atoms. The van der Waals surface area contributed by atoms with Crippen molar-refractivity contribution < 1.29 is 4.79 Å². The molecule has 6 heteroatoms.